The molecule has 0 unspecified atom stereocenters. The Labute approximate surface area is 101 Å². The summed E-state index contributed by atoms with van der Waals surface area (Å²) in [6.45, 7) is 2.04. The summed E-state index contributed by atoms with van der Waals surface area (Å²) in [5, 5.41) is 3.34. The standard InChI is InChI=1S/C14H18FNO/c1-17-13-6-2-5-12(14(13)15)10-11-4-3-8-16-9-7-11/h2,5-6,10,16H,3-4,7-9H2,1H3/b11-10-. The molecule has 0 aromatic heterocycles. The topological polar surface area (TPSA) is 21.3 Å². The van der Waals surface area contributed by atoms with Gasteiger partial charge in [-0.05, 0) is 38.4 Å². The van der Waals surface area contributed by atoms with E-state index < -0.39 is 0 Å². The van der Waals surface area contributed by atoms with Crippen LogP contribution in [0.3, 0.4) is 0 Å². The zero-order valence-corrected chi connectivity index (χ0v) is 10.1. The second-order valence-electron chi connectivity index (χ2n) is 4.27. The van der Waals surface area contributed by atoms with E-state index in [1.165, 1.54) is 12.7 Å². The average molecular weight is 235 g/mol. The molecule has 0 bridgehead atoms. The third kappa shape index (κ3) is 3.07. The Morgan fingerprint density at radius 2 is 2.18 bits per heavy atom. The van der Waals surface area contributed by atoms with Crippen LogP contribution in [0.25, 0.3) is 6.08 Å². The smallest absolute Gasteiger partial charge is 0.172 e. The van der Waals surface area contributed by atoms with Crippen molar-refractivity contribution in [2.24, 2.45) is 0 Å². The highest BCUT2D eigenvalue weighted by atomic mass is 19.1. The van der Waals surface area contributed by atoms with Crippen LogP contribution in [-0.4, -0.2) is 20.2 Å². The van der Waals surface area contributed by atoms with Crippen molar-refractivity contribution in [2.75, 3.05) is 20.2 Å². The third-order valence-corrected chi connectivity index (χ3v) is 3.05. The average Bonchev–Trinajstić information content (AvgIpc) is 2.60. The van der Waals surface area contributed by atoms with Crippen molar-refractivity contribution in [2.45, 2.75) is 19.3 Å². The Kier molecular flexibility index (Phi) is 4.15. The summed E-state index contributed by atoms with van der Waals surface area (Å²) in [6.07, 6.45) is 5.13. The largest absolute Gasteiger partial charge is 0.494 e. The highest BCUT2D eigenvalue weighted by Gasteiger charge is 2.08. The van der Waals surface area contributed by atoms with E-state index in [4.69, 9.17) is 4.74 Å². The van der Waals surface area contributed by atoms with Crippen LogP contribution < -0.4 is 10.1 Å². The maximum absolute atomic E-state index is 13.9. The van der Waals surface area contributed by atoms with Crippen molar-refractivity contribution in [3.05, 3.63) is 35.2 Å². The van der Waals surface area contributed by atoms with Gasteiger partial charge in [0.1, 0.15) is 0 Å². The number of methoxy groups -OCH3 is 1. The van der Waals surface area contributed by atoms with Crippen molar-refractivity contribution in [3.63, 3.8) is 0 Å². The second kappa shape index (κ2) is 5.82. The Bertz CT molecular complexity index is 405. The van der Waals surface area contributed by atoms with Crippen LogP contribution in [-0.2, 0) is 0 Å². The van der Waals surface area contributed by atoms with Crippen LogP contribution in [0, 0.1) is 5.82 Å². The molecule has 1 fully saturated rings. The lowest BCUT2D eigenvalue weighted by Crippen LogP contribution is -2.13. The molecule has 1 aliphatic rings. The molecule has 0 radical (unpaired) electrons. The minimum atomic E-state index is -0.264. The Morgan fingerprint density at radius 1 is 1.29 bits per heavy atom. The third-order valence-electron chi connectivity index (χ3n) is 3.05. The molecule has 0 saturated carbocycles. The summed E-state index contributed by atoms with van der Waals surface area (Å²) in [7, 11) is 1.49. The summed E-state index contributed by atoms with van der Waals surface area (Å²) in [5.74, 6) is 0.0470. The number of nitrogens with one attached hydrogen (secondary N) is 1. The van der Waals surface area contributed by atoms with Gasteiger partial charge in [0, 0.05) is 5.56 Å². The normalized spacial score (nSPS) is 19.1. The zero-order valence-electron chi connectivity index (χ0n) is 10.1. The number of benzene rings is 1. The Balaban J connectivity index is 2.24. The molecule has 0 spiro atoms. The lowest BCUT2D eigenvalue weighted by atomic mass is 10.0. The van der Waals surface area contributed by atoms with Gasteiger partial charge in [0.25, 0.3) is 0 Å². The van der Waals surface area contributed by atoms with Crippen molar-refractivity contribution >= 4 is 6.08 Å². The first-order chi connectivity index (χ1) is 8.31. The van der Waals surface area contributed by atoms with E-state index in [-0.39, 0.29) is 5.82 Å². The van der Waals surface area contributed by atoms with Gasteiger partial charge in [-0.2, -0.15) is 0 Å². The molecule has 1 N–H and O–H groups in total. The highest BCUT2D eigenvalue weighted by Crippen LogP contribution is 2.24. The number of halogens is 1. The van der Waals surface area contributed by atoms with Gasteiger partial charge in [-0.25, -0.2) is 4.39 Å². The minimum absolute atomic E-state index is 0.264. The monoisotopic (exact) mass is 235 g/mol. The van der Waals surface area contributed by atoms with Gasteiger partial charge < -0.3 is 10.1 Å². The molecule has 1 aliphatic heterocycles. The Morgan fingerprint density at radius 3 is 3.00 bits per heavy atom. The van der Waals surface area contributed by atoms with E-state index in [1.54, 1.807) is 12.1 Å². The van der Waals surface area contributed by atoms with Crippen molar-refractivity contribution in [1.29, 1.82) is 0 Å². The molecular weight excluding hydrogens is 217 g/mol. The lowest BCUT2D eigenvalue weighted by molar-refractivity contribution is 0.386. The summed E-state index contributed by atoms with van der Waals surface area (Å²) in [5.41, 5.74) is 1.93. The molecule has 3 heteroatoms. The van der Waals surface area contributed by atoms with Crippen molar-refractivity contribution in [1.82, 2.24) is 5.32 Å². The molecule has 0 amide bonds. The van der Waals surface area contributed by atoms with E-state index >= 15 is 0 Å². The SMILES string of the molecule is COc1cccc(/C=C2/CCCNCC2)c1F. The van der Waals surface area contributed by atoms with Gasteiger partial charge >= 0.3 is 0 Å². The number of hydrogen-bond donors (Lipinski definition) is 1. The lowest BCUT2D eigenvalue weighted by Gasteiger charge is -2.06. The first-order valence-electron chi connectivity index (χ1n) is 6.04. The molecule has 92 valence electrons. The maximum atomic E-state index is 13.9. The van der Waals surface area contributed by atoms with E-state index in [0.717, 1.165) is 32.4 Å². The zero-order chi connectivity index (χ0) is 12.1. The Hall–Kier alpha value is -1.35. The fourth-order valence-electron chi connectivity index (χ4n) is 2.10. The van der Waals surface area contributed by atoms with Gasteiger partial charge in [0.05, 0.1) is 7.11 Å². The molecule has 1 saturated heterocycles. The number of ether oxygens (including phenoxy) is 1. The molecular formula is C14H18FNO. The van der Waals surface area contributed by atoms with Gasteiger partial charge in [0.15, 0.2) is 11.6 Å². The highest BCUT2D eigenvalue weighted by molar-refractivity contribution is 5.56. The number of rotatable bonds is 2. The molecule has 2 nitrogen and oxygen atoms in total. The van der Waals surface area contributed by atoms with Gasteiger partial charge in [-0.1, -0.05) is 23.8 Å². The van der Waals surface area contributed by atoms with Crippen molar-refractivity contribution in [3.8, 4) is 5.75 Å². The van der Waals surface area contributed by atoms with E-state index in [2.05, 4.69) is 5.32 Å². The predicted molar refractivity (Wildman–Crippen MR) is 67.6 cm³/mol. The van der Waals surface area contributed by atoms with E-state index in [9.17, 15) is 4.39 Å². The molecule has 1 aromatic carbocycles. The minimum Gasteiger partial charge on any atom is -0.494 e. The first-order valence-corrected chi connectivity index (χ1v) is 6.04. The van der Waals surface area contributed by atoms with Gasteiger partial charge in [-0.15, -0.1) is 0 Å². The molecule has 0 atom stereocenters. The van der Waals surface area contributed by atoms with Gasteiger partial charge in [0.2, 0.25) is 0 Å². The molecule has 2 rings (SSSR count). The quantitative estimate of drug-likeness (QED) is 0.851. The molecule has 1 aromatic rings. The molecule has 17 heavy (non-hydrogen) atoms. The summed E-state index contributed by atoms with van der Waals surface area (Å²) in [6, 6.07) is 5.26. The van der Waals surface area contributed by atoms with Crippen LogP contribution in [0.15, 0.2) is 23.8 Å². The summed E-state index contributed by atoms with van der Waals surface area (Å²) in [4.78, 5) is 0. The van der Waals surface area contributed by atoms with E-state index in [1.807, 2.05) is 12.1 Å². The van der Waals surface area contributed by atoms with Crippen LogP contribution in [0.2, 0.25) is 0 Å². The van der Waals surface area contributed by atoms with Gasteiger partial charge in [-0.3, -0.25) is 0 Å². The van der Waals surface area contributed by atoms with Crippen LogP contribution in [0.5, 0.6) is 5.75 Å². The first kappa shape index (κ1) is 12.1. The van der Waals surface area contributed by atoms with E-state index in [0.29, 0.717) is 11.3 Å². The second-order valence-corrected chi connectivity index (χ2v) is 4.27. The molecule has 0 aliphatic carbocycles. The maximum Gasteiger partial charge on any atom is 0.172 e. The number of hydrogen-bond acceptors (Lipinski definition) is 2. The fraction of sp³-hybridized carbons (Fsp3) is 0.429. The predicted octanol–water partition coefficient (Wildman–Crippen LogP) is 2.99. The van der Waals surface area contributed by atoms with Crippen LogP contribution in [0.1, 0.15) is 24.8 Å². The van der Waals surface area contributed by atoms with Crippen LogP contribution >= 0.6 is 0 Å². The molecule has 1 heterocycles. The summed E-state index contributed by atoms with van der Waals surface area (Å²) < 4.78 is 18.9. The fourth-order valence-corrected chi connectivity index (χ4v) is 2.10. The summed E-state index contributed by atoms with van der Waals surface area (Å²) >= 11 is 0. The van der Waals surface area contributed by atoms with Crippen molar-refractivity contribution < 1.29 is 9.13 Å². The van der Waals surface area contributed by atoms with Crippen LogP contribution in [0.4, 0.5) is 4.39 Å².